The maximum absolute atomic E-state index is 11.5. The molecule has 0 aromatic carbocycles. The third-order valence-electron chi connectivity index (χ3n) is 4.52. The number of anilines is 3. The number of guanidine groups is 1. The molecule has 3 rings (SSSR count). The van der Waals surface area contributed by atoms with Gasteiger partial charge in [-0.05, 0) is 55.9 Å². The Morgan fingerprint density at radius 2 is 1.96 bits per heavy atom. The Labute approximate surface area is 158 Å². The van der Waals surface area contributed by atoms with Crippen molar-refractivity contribution in [2.24, 2.45) is 16.5 Å². The van der Waals surface area contributed by atoms with Crippen LogP contribution in [0.15, 0.2) is 35.6 Å². The molecule has 0 radical (unpaired) electrons. The van der Waals surface area contributed by atoms with E-state index in [9.17, 15) is 4.79 Å². The molecule has 8 heteroatoms. The first-order chi connectivity index (χ1) is 13.1. The number of carbonyl (C=O) groups is 1. The number of aromatic nitrogens is 2. The van der Waals surface area contributed by atoms with Gasteiger partial charge in [-0.1, -0.05) is 0 Å². The molecule has 8 nitrogen and oxygen atoms in total. The number of nitrogen functional groups attached to an aromatic ring is 1. The number of nitrogens with two attached hydrogens (primary N) is 3. The van der Waals surface area contributed by atoms with Crippen molar-refractivity contribution in [3.8, 4) is 0 Å². The van der Waals surface area contributed by atoms with E-state index in [2.05, 4.69) is 15.0 Å². The minimum atomic E-state index is 0.113. The highest BCUT2D eigenvalue weighted by molar-refractivity contribution is 5.86. The summed E-state index contributed by atoms with van der Waals surface area (Å²) >= 11 is 0. The van der Waals surface area contributed by atoms with Crippen LogP contribution < -0.4 is 22.1 Å². The highest BCUT2D eigenvalue weighted by Crippen LogP contribution is 2.40. The Hall–Kier alpha value is -3.16. The van der Waals surface area contributed by atoms with Crippen LogP contribution in [0.1, 0.15) is 41.6 Å². The number of pyridine rings is 2. The van der Waals surface area contributed by atoms with Crippen molar-refractivity contribution in [2.75, 3.05) is 17.2 Å². The first kappa shape index (κ1) is 18.6. The number of aryl methyl sites for hydroxylation is 1. The Bertz CT molecular complexity index is 829. The molecule has 6 N–H and O–H groups in total. The molecule has 2 heterocycles. The molecule has 2 aromatic rings. The van der Waals surface area contributed by atoms with Gasteiger partial charge < -0.3 is 22.1 Å². The Kier molecular flexibility index (Phi) is 5.85. The third-order valence-corrected chi connectivity index (χ3v) is 4.52. The van der Waals surface area contributed by atoms with Gasteiger partial charge in [-0.2, -0.15) is 0 Å². The second-order valence-corrected chi connectivity index (χ2v) is 6.61. The van der Waals surface area contributed by atoms with E-state index < -0.39 is 0 Å². The molecule has 0 saturated heterocycles. The number of nitrogens with zero attached hydrogens (tertiary/aromatic N) is 4. The first-order valence-corrected chi connectivity index (χ1v) is 9.10. The zero-order valence-corrected chi connectivity index (χ0v) is 15.2. The lowest BCUT2D eigenvalue weighted by Crippen LogP contribution is -2.24. The van der Waals surface area contributed by atoms with Crippen molar-refractivity contribution in [1.82, 2.24) is 9.97 Å². The van der Waals surface area contributed by atoms with Crippen LogP contribution in [0.2, 0.25) is 0 Å². The van der Waals surface area contributed by atoms with Gasteiger partial charge in [-0.15, -0.1) is 0 Å². The molecular weight excluding hydrogens is 342 g/mol. The van der Waals surface area contributed by atoms with Crippen molar-refractivity contribution in [2.45, 2.75) is 38.1 Å². The van der Waals surface area contributed by atoms with Gasteiger partial charge in [-0.25, -0.2) is 9.97 Å². The molecule has 0 bridgehead atoms. The van der Waals surface area contributed by atoms with Gasteiger partial charge >= 0.3 is 0 Å². The van der Waals surface area contributed by atoms with Crippen LogP contribution in [0.25, 0.3) is 0 Å². The fourth-order valence-electron chi connectivity index (χ4n) is 3.03. The number of rotatable bonds is 9. The maximum Gasteiger partial charge on any atom is 0.185 e. The van der Waals surface area contributed by atoms with Crippen LogP contribution in [-0.4, -0.2) is 34.8 Å². The highest BCUT2D eigenvalue weighted by Gasteiger charge is 2.34. The number of unbranched alkanes of at least 4 members (excludes halogenated alkanes) is 1. The van der Waals surface area contributed by atoms with Crippen LogP contribution in [0, 0.1) is 0 Å². The van der Waals surface area contributed by atoms with Gasteiger partial charge in [0, 0.05) is 25.0 Å². The number of aldehydes is 1. The highest BCUT2D eigenvalue weighted by atomic mass is 16.1. The molecule has 142 valence electrons. The maximum atomic E-state index is 11.5. The van der Waals surface area contributed by atoms with Crippen molar-refractivity contribution in [3.63, 3.8) is 0 Å². The van der Waals surface area contributed by atoms with Crippen LogP contribution in [0.4, 0.5) is 17.3 Å². The van der Waals surface area contributed by atoms with Gasteiger partial charge in [0.05, 0.1) is 11.3 Å². The second kappa shape index (κ2) is 8.48. The monoisotopic (exact) mass is 367 g/mol. The average Bonchev–Trinajstić information content (AvgIpc) is 3.49. The minimum absolute atomic E-state index is 0.113. The van der Waals surface area contributed by atoms with Gasteiger partial charge in [0.2, 0.25) is 0 Å². The standard InChI is InChI=1S/C19H25N7O/c20-16-13(4-1-2-9-25-19(21)22)8-11-24-18(16)26(15-6-7-15)17-14(12-27)5-3-10-23-17/h3,5,8,10-12,15H,1-2,4,6-7,9,20H2,(H4,21,22,25). The number of aliphatic imine (C=N–C) groups is 1. The van der Waals surface area contributed by atoms with Crippen LogP contribution in [-0.2, 0) is 6.42 Å². The lowest BCUT2D eigenvalue weighted by Gasteiger charge is -2.25. The summed E-state index contributed by atoms with van der Waals surface area (Å²) in [6.07, 6.45) is 8.91. The fourth-order valence-corrected chi connectivity index (χ4v) is 3.03. The van der Waals surface area contributed by atoms with Crippen molar-refractivity contribution >= 4 is 29.6 Å². The van der Waals surface area contributed by atoms with Crippen molar-refractivity contribution in [3.05, 3.63) is 41.7 Å². The van der Waals surface area contributed by atoms with E-state index in [-0.39, 0.29) is 12.0 Å². The number of hydrogen-bond acceptors (Lipinski definition) is 6. The predicted molar refractivity (Wildman–Crippen MR) is 107 cm³/mol. The van der Waals surface area contributed by atoms with Gasteiger partial charge in [0.15, 0.2) is 18.1 Å². The Balaban J connectivity index is 1.82. The molecule has 1 aliphatic rings. The average molecular weight is 367 g/mol. The normalized spacial score (nSPS) is 13.2. The van der Waals surface area contributed by atoms with E-state index in [1.54, 1.807) is 24.5 Å². The molecule has 0 aliphatic heterocycles. The summed E-state index contributed by atoms with van der Waals surface area (Å²) < 4.78 is 0. The van der Waals surface area contributed by atoms with E-state index in [1.807, 2.05) is 11.0 Å². The molecule has 1 fully saturated rings. The summed E-state index contributed by atoms with van der Waals surface area (Å²) in [6, 6.07) is 5.71. The Morgan fingerprint density at radius 1 is 1.19 bits per heavy atom. The van der Waals surface area contributed by atoms with Crippen molar-refractivity contribution in [1.29, 1.82) is 0 Å². The van der Waals surface area contributed by atoms with E-state index in [1.165, 1.54) is 0 Å². The zero-order valence-electron chi connectivity index (χ0n) is 15.2. The second-order valence-electron chi connectivity index (χ2n) is 6.61. The van der Waals surface area contributed by atoms with E-state index >= 15 is 0 Å². The summed E-state index contributed by atoms with van der Waals surface area (Å²) in [5.74, 6) is 1.39. The molecule has 0 spiro atoms. The van der Waals surface area contributed by atoms with Gasteiger partial charge in [0.1, 0.15) is 5.82 Å². The quantitative estimate of drug-likeness (QED) is 0.266. The van der Waals surface area contributed by atoms with Crippen LogP contribution in [0.3, 0.4) is 0 Å². The zero-order chi connectivity index (χ0) is 19.2. The van der Waals surface area contributed by atoms with E-state index in [4.69, 9.17) is 17.2 Å². The molecule has 2 aromatic heterocycles. The summed E-state index contributed by atoms with van der Waals surface area (Å²) in [5, 5.41) is 0. The molecule has 0 atom stereocenters. The molecule has 0 unspecified atom stereocenters. The molecule has 1 saturated carbocycles. The molecular formula is C19H25N7O. The van der Waals surface area contributed by atoms with Crippen LogP contribution >= 0.6 is 0 Å². The van der Waals surface area contributed by atoms with Gasteiger partial charge in [0.25, 0.3) is 0 Å². The van der Waals surface area contributed by atoms with Crippen LogP contribution in [0.5, 0.6) is 0 Å². The summed E-state index contributed by atoms with van der Waals surface area (Å²) in [6.45, 7) is 0.602. The van der Waals surface area contributed by atoms with E-state index in [0.29, 0.717) is 29.4 Å². The SMILES string of the molecule is NC(N)=NCCCCc1ccnc(N(c2ncccc2C=O)C2CC2)c1N. The minimum Gasteiger partial charge on any atom is -0.395 e. The summed E-state index contributed by atoms with van der Waals surface area (Å²) in [7, 11) is 0. The van der Waals surface area contributed by atoms with Crippen molar-refractivity contribution < 1.29 is 4.79 Å². The first-order valence-electron chi connectivity index (χ1n) is 9.10. The summed E-state index contributed by atoms with van der Waals surface area (Å²) in [4.78, 5) is 26.4. The Morgan fingerprint density at radius 3 is 2.67 bits per heavy atom. The smallest absolute Gasteiger partial charge is 0.185 e. The lowest BCUT2D eigenvalue weighted by atomic mass is 10.1. The van der Waals surface area contributed by atoms with E-state index in [0.717, 1.165) is 44.0 Å². The molecule has 27 heavy (non-hydrogen) atoms. The number of carbonyl (C=O) groups excluding carboxylic acids is 1. The molecule has 1 aliphatic carbocycles. The summed E-state index contributed by atoms with van der Waals surface area (Å²) in [5.41, 5.74) is 19.3. The third kappa shape index (κ3) is 4.52. The van der Waals surface area contributed by atoms with Gasteiger partial charge in [-0.3, -0.25) is 9.79 Å². The molecule has 0 amide bonds. The lowest BCUT2D eigenvalue weighted by molar-refractivity contribution is 0.112. The topological polar surface area (TPSA) is 137 Å². The predicted octanol–water partition coefficient (Wildman–Crippen LogP) is 1.77. The number of hydrogen-bond donors (Lipinski definition) is 3. The fraction of sp³-hybridized carbons (Fsp3) is 0.368. The largest absolute Gasteiger partial charge is 0.395 e.